The van der Waals surface area contributed by atoms with Gasteiger partial charge in [-0.1, -0.05) is 6.92 Å². The summed E-state index contributed by atoms with van der Waals surface area (Å²) in [6, 6.07) is 1.90. The van der Waals surface area contributed by atoms with E-state index in [2.05, 4.69) is 12.0 Å². The van der Waals surface area contributed by atoms with Gasteiger partial charge in [0.15, 0.2) is 0 Å². The quantitative estimate of drug-likeness (QED) is 0.723. The van der Waals surface area contributed by atoms with Crippen molar-refractivity contribution in [2.75, 3.05) is 17.2 Å². The van der Waals surface area contributed by atoms with Crippen LogP contribution >= 0.6 is 11.8 Å². The molecule has 0 aliphatic heterocycles. The monoisotopic (exact) mass is 185 g/mol. The maximum atomic E-state index is 5.54. The Balaban J connectivity index is 2.45. The second-order valence-electron chi connectivity index (χ2n) is 2.63. The van der Waals surface area contributed by atoms with E-state index in [9.17, 15) is 0 Å². The predicted molar refractivity (Wildman–Crippen MR) is 54.4 cm³/mol. The van der Waals surface area contributed by atoms with Gasteiger partial charge in [0.2, 0.25) is 0 Å². The third-order valence-corrected chi connectivity index (χ3v) is 2.53. The minimum absolute atomic E-state index is 0.619. The fraction of sp³-hybridized carbons (Fsp3) is 0.625. The lowest BCUT2D eigenvalue weighted by atomic mass is 10.5. The summed E-state index contributed by atoms with van der Waals surface area (Å²) in [5.74, 6) is 2.89. The Hall–Kier alpha value is -0.640. The fourth-order valence-corrected chi connectivity index (χ4v) is 1.65. The van der Waals surface area contributed by atoms with E-state index in [0.717, 1.165) is 23.7 Å². The largest absolute Gasteiger partial charge is 0.382 e. The molecule has 12 heavy (non-hydrogen) atoms. The maximum Gasteiger partial charge on any atom is 0.145 e. The van der Waals surface area contributed by atoms with E-state index in [-0.39, 0.29) is 0 Å². The highest BCUT2D eigenvalue weighted by Crippen LogP contribution is 2.06. The van der Waals surface area contributed by atoms with Gasteiger partial charge in [-0.3, -0.25) is 4.68 Å². The maximum absolute atomic E-state index is 5.54. The van der Waals surface area contributed by atoms with Crippen LogP contribution in [0.15, 0.2) is 6.07 Å². The molecule has 0 aliphatic carbocycles. The van der Waals surface area contributed by atoms with Crippen molar-refractivity contribution in [1.29, 1.82) is 0 Å². The summed E-state index contributed by atoms with van der Waals surface area (Å²) in [5, 5.41) is 4.16. The summed E-state index contributed by atoms with van der Waals surface area (Å²) >= 11 is 1.92. The van der Waals surface area contributed by atoms with Crippen molar-refractivity contribution >= 4 is 17.6 Å². The van der Waals surface area contributed by atoms with Gasteiger partial charge in [0.25, 0.3) is 0 Å². The van der Waals surface area contributed by atoms with Crippen LogP contribution in [0, 0.1) is 6.92 Å². The Kier molecular flexibility index (Phi) is 3.47. The molecule has 4 heteroatoms. The number of nitrogen functional groups attached to an aromatic ring is 1. The number of hydrogen-bond donors (Lipinski definition) is 1. The summed E-state index contributed by atoms with van der Waals surface area (Å²) in [6.45, 7) is 5.15. The van der Waals surface area contributed by atoms with Gasteiger partial charge in [-0.05, 0) is 12.7 Å². The smallest absolute Gasteiger partial charge is 0.145 e. The summed E-state index contributed by atoms with van der Waals surface area (Å²) in [7, 11) is 0. The zero-order valence-electron chi connectivity index (χ0n) is 7.58. The number of anilines is 1. The molecule has 0 unspecified atom stereocenters. The highest BCUT2D eigenvalue weighted by Gasteiger charge is 1.99. The molecule has 1 rings (SSSR count). The summed E-state index contributed by atoms with van der Waals surface area (Å²) < 4.78 is 1.96. The summed E-state index contributed by atoms with van der Waals surface area (Å²) in [6.07, 6.45) is 0. The number of hydrogen-bond acceptors (Lipinski definition) is 3. The molecular weight excluding hydrogens is 170 g/mol. The molecule has 0 atom stereocenters. The topological polar surface area (TPSA) is 43.8 Å². The van der Waals surface area contributed by atoms with E-state index < -0.39 is 0 Å². The lowest BCUT2D eigenvalue weighted by Gasteiger charge is -2.01. The van der Waals surface area contributed by atoms with Crippen LogP contribution in [0.4, 0.5) is 5.82 Å². The molecule has 1 aromatic heterocycles. The number of thioether (sulfide) groups is 1. The van der Waals surface area contributed by atoms with Gasteiger partial charge in [0, 0.05) is 17.5 Å². The Morgan fingerprint density at radius 3 is 2.92 bits per heavy atom. The Labute approximate surface area is 77.3 Å². The lowest BCUT2D eigenvalue weighted by molar-refractivity contribution is 0.649. The third kappa shape index (κ3) is 2.44. The molecule has 1 aromatic rings. The second kappa shape index (κ2) is 4.40. The van der Waals surface area contributed by atoms with Crippen LogP contribution in [0.25, 0.3) is 0 Å². The van der Waals surface area contributed by atoms with E-state index in [4.69, 9.17) is 5.73 Å². The molecule has 0 amide bonds. The van der Waals surface area contributed by atoms with Gasteiger partial charge in [-0.25, -0.2) is 0 Å². The van der Waals surface area contributed by atoms with Crippen molar-refractivity contribution in [1.82, 2.24) is 9.78 Å². The predicted octanol–water partition coefficient (Wildman–Crippen LogP) is 1.53. The van der Waals surface area contributed by atoms with Crippen LogP contribution in [0.2, 0.25) is 0 Å². The zero-order chi connectivity index (χ0) is 8.97. The minimum Gasteiger partial charge on any atom is -0.382 e. The van der Waals surface area contributed by atoms with Crippen LogP contribution in [0.1, 0.15) is 12.6 Å². The molecule has 0 saturated heterocycles. The van der Waals surface area contributed by atoms with E-state index >= 15 is 0 Å². The number of nitrogens with zero attached hydrogens (tertiary/aromatic N) is 2. The van der Waals surface area contributed by atoms with Gasteiger partial charge < -0.3 is 5.73 Å². The van der Waals surface area contributed by atoms with Crippen molar-refractivity contribution in [3.63, 3.8) is 0 Å². The molecule has 0 spiro atoms. The molecule has 0 radical (unpaired) electrons. The van der Waals surface area contributed by atoms with E-state index in [1.807, 2.05) is 29.4 Å². The van der Waals surface area contributed by atoms with Crippen LogP contribution in [-0.2, 0) is 6.54 Å². The van der Waals surface area contributed by atoms with Gasteiger partial charge in [-0.15, -0.1) is 0 Å². The molecular formula is C8H15N3S. The standard InChI is InChI=1S/C8H15N3S/c1-3-12-5-4-11-7(2)6-8(9)10-11/h6H,3-5H2,1-2H3,(H2,9,10). The molecule has 68 valence electrons. The van der Waals surface area contributed by atoms with E-state index in [0.29, 0.717) is 5.82 Å². The van der Waals surface area contributed by atoms with Crippen molar-refractivity contribution in [3.8, 4) is 0 Å². The minimum atomic E-state index is 0.619. The molecule has 0 saturated carbocycles. The van der Waals surface area contributed by atoms with Crippen molar-refractivity contribution in [2.24, 2.45) is 0 Å². The van der Waals surface area contributed by atoms with E-state index in [1.165, 1.54) is 0 Å². The van der Waals surface area contributed by atoms with Crippen molar-refractivity contribution < 1.29 is 0 Å². The van der Waals surface area contributed by atoms with Gasteiger partial charge in [0.1, 0.15) is 5.82 Å². The number of nitrogens with two attached hydrogens (primary N) is 1. The average molecular weight is 185 g/mol. The van der Waals surface area contributed by atoms with Crippen LogP contribution < -0.4 is 5.73 Å². The zero-order valence-corrected chi connectivity index (χ0v) is 8.40. The second-order valence-corrected chi connectivity index (χ2v) is 4.02. The number of rotatable bonds is 4. The van der Waals surface area contributed by atoms with Crippen molar-refractivity contribution in [2.45, 2.75) is 20.4 Å². The molecule has 0 aliphatic rings. The molecule has 0 bridgehead atoms. The van der Waals surface area contributed by atoms with Crippen LogP contribution in [0.3, 0.4) is 0 Å². The highest BCUT2D eigenvalue weighted by molar-refractivity contribution is 7.99. The number of aryl methyl sites for hydroxylation is 2. The first kappa shape index (κ1) is 9.45. The lowest BCUT2D eigenvalue weighted by Crippen LogP contribution is -2.04. The Morgan fingerprint density at radius 2 is 2.42 bits per heavy atom. The average Bonchev–Trinajstić information content (AvgIpc) is 2.31. The Morgan fingerprint density at radius 1 is 1.67 bits per heavy atom. The van der Waals surface area contributed by atoms with E-state index in [1.54, 1.807) is 0 Å². The number of aromatic nitrogens is 2. The summed E-state index contributed by atoms with van der Waals surface area (Å²) in [4.78, 5) is 0. The Bertz CT molecular complexity index is 244. The SMILES string of the molecule is CCSCCn1nc(N)cc1C. The molecule has 1 heterocycles. The normalized spacial score (nSPS) is 10.5. The summed E-state index contributed by atoms with van der Waals surface area (Å²) in [5.41, 5.74) is 6.69. The first-order chi connectivity index (χ1) is 5.74. The van der Waals surface area contributed by atoms with Gasteiger partial charge in [-0.2, -0.15) is 16.9 Å². The first-order valence-electron chi connectivity index (χ1n) is 4.11. The third-order valence-electron chi connectivity index (χ3n) is 1.65. The van der Waals surface area contributed by atoms with Crippen molar-refractivity contribution in [3.05, 3.63) is 11.8 Å². The first-order valence-corrected chi connectivity index (χ1v) is 5.27. The van der Waals surface area contributed by atoms with Gasteiger partial charge >= 0.3 is 0 Å². The fourth-order valence-electron chi connectivity index (χ4n) is 1.06. The molecule has 3 nitrogen and oxygen atoms in total. The van der Waals surface area contributed by atoms with Crippen LogP contribution in [-0.4, -0.2) is 21.3 Å². The van der Waals surface area contributed by atoms with Crippen LogP contribution in [0.5, 0.6) is 0 Å². The molecule has 0 aromatic carbocycles. The highest BCUT2D eigenvalue weighted by atomic mass is 32.2. The van der Waals surface area contributed by atoms with Gasteiger partial charge in [0.05, 0.1) is 6.54 Å². The molecule has 0 fully saturated rings. The molecule has 2 N–H and O–H groups in total.